The van der Waals surface area contributed by atoms with Crippen LogP contribution in [0.15, 0.2) is 6.07 Å². The number of aromatic carboxylic acids is 1. The van der Waals surface area contributed by atoms with E-state index in [1.807, 2.05) is 11.5 Å². The maximum Gasteiger partial charge on any atom is 0.337 e. The average Bonchev–Trinajstić information content (AvgIpc) is 2.40. The summed E-state index contributed by atoms with van der Waals surface area (Å²) in [6.45, 7) is 4.37. The molecule has 0 fully saturated rings. The molecule has 0 atom stereocenters. The molecule has 3 heteroatoms. The summed E-state index contributed by atoms with van der Waals surface area (Å²) in [7, 11) is 0. The number of aryl methyl sites for hydroxylation is 1. The van der Waals surface area contributed by atoms with Gasteiger partial charge in [-0.25, -0.2) is 4.79 Å². The minimum absolute atomic E-state index is 0.361. The highest BCUT2D eigenvalue weighted by Crippen LogP contribution is 2.15. The van der Waals surface area contributed by atoms with Gasteiger partial charge in [0.1, 0.15) is 0 Å². The fourth-order valence-corrected chi connectivity index (χ4v) is 1.54. The fraction of sp³-hybridized carbons (Fsp3) is 0.364. The minimum atomic E-state index is -0.884. The maximum absolute atomic E-state index is 10.8. The van der Waals surface area contributed by atoms with Crippen LogP contribution in [0.2, 0.25) is 0 Å². The second-order valence-electron chi connectivity index (χ2n) is 3.20. The number of nitrogens with zero attached hydrogens (tertiary/aromatic N) is 1. The third-order valence-electron chi connectivity index (χ3n) is 2.28. The summed E-state index contributed by atoms with van der Waals surface area (Å²) in [6.07, 6.45) is 5.78. The van der Waals surface area contributed by atoms with E-state index < -0.39 is 5.97 Å². The van der Waals surface area contributed by atoms with E-state index >= 15 is 0 Å². The van der Waals surface area contributed by atoms with Crippen molar-refractivity contribution >= 4 is 5.97 Å². The Kier molecular flexibility index (Phi) is 2.98. The second-order valence-corrected chi connectivity index (χ2v) is 3.20. The molecule has 1 aromatic rings. The summed E-state index contributed by atoms with van der Waals surface area (Å²) in [5.74, 6) is 1.66. The van der Waals surface area contributed by atoms with Crippen LogP contribution in [0.4, 0.5) is 0 Å². The lowest BCUT2D eigenvalue weighted by Gasteiger charge is -2.06. The van der Waals surface area contributed by atoms with Crippen LogP contribution >= 0.6 is 0 Å². The van der Waals surface area contributed by atoms with Crippen LogP contribution in [0.5, 0.6) is 0 Å². The number of aromatic nitrogens is 1. The van der Waals surface area contributed by atoms with Crippen LogP contribution in [0.3, 0.4) is 0 Å². The molecular formula is C11H13NO2. The summed E-state index contributed by atoms with van der Waals surface area (Å²) in [5.41, 5.74) is 2.07. The standard InChI is InChI=1S/C11H13NO2/c1-4-5-6-12-8(2)7-10(9(12)3)11(13)14/h1,7H,5-6H2,2-3H3,(H,13,14). The molecule has 0 saturated carbocycles. The third kappa shape index (κ3) is 1.80. The van der Waals surface area contributed by atoms with E-state index in [0.29, 0.717) is 18.5 Å². The number of hydrogen-bond donors (Lipinski definition) is 1. The van der Waals surface area contributed by atoms with Crippen molar-refractivity contribution in [2.75, 3.05) is 0 Å². The number of terminal acetylenes is 1. The van der Waals surface area contributed by atoms with Crippen LogP contribution in [-0.2, 0) is 6.54 Å². The number of carbonyl (C=O) groups is 1. The third-order valence-corrected chi connectivity index (χ3v) is 2.28. The largest absolute Gasteiger partial charge is 0.478 e. The number of hydrogen-bond acceptors (Lipinski definition) is 1. The van der Waals surface area contributed by atoms with Gasteiger partial charge in [0.05, 0.1) is 5.56 Å². The highest BCUT2D eigenvalue weighted by molar-refractivity contribution is 5.89. The van der Waals surface area contributed by atoms with Crippen molar-refractivity contribution in [1.29, 1.82) is 0 Å². The topological polar surface area (TPSA) is 42.2 Å². The van der Waals surface area contributed by atoms with Crippen LogP contribution in [0, 0.1) is 26.2 Å². The Morgan fingerprint density at radius 1 is 1.64 bits per heavy atom. The molecule has 0 aliphatic heterocycles. The smallest absolute Gasteiger partial charge is 0.337 e. The fourth-order valence-electron chi connectivity index (χ4n) is 1.54. The Morgan fingerprint density at radius 2 is 2.29 bits per heavy atom. The summed E-state index contributed by atoms with van der Waals surface area (Å²) >= 11 is 0. The van der Waals surface area contributed by atoms with Gasteiger partial charge < -0.3 is 9.67 Å². The van der Waals surface area contributed by atoms with Crippen LogP contribution in [0.1, 0.15) is 28.2 Å². The van der Waals surface area contributed by atoms with Crippen molar-refractivity contribution in [1.82, 2.24) is 4.57 Å². The first-order chi connectivity index (χ1) is 6.57. The molecule has 0 amide bonds. The van der Waals surface area contributed by atoms with E-state index in [1.54, 1.807) is 13.0 Å². The predicted octanol–water partition coefficient (Wildman–Crippen LogP) is 1.83. The predicted molar refractivity (Wildman–Crippen MR) is 54.3 cm³/mol. The Labute approximate surface area is 83.4 Å². The Balaban J connectivity index is 3.06. The normalized spacial score (nSPS) is 9.79. The van der Waals surface area contributed by atoms with Crippen LogP contribution in [0.25, 0.3) is 0 Å². The van der Waals surface area contributed by atoms with Gasteiger partial charge in [-0.3, -0.25) is 0 Å². The molecule has 3 nitrogen and oxygen atoms in total. The Morgan fingerprint density at radius 3 is 2.71 bits per heavy atom. The van der Waals surface area contributed by atoms with Crippen molar-refractivity contribution in [2.24, 2.45) is 0 Å². The van der Waals surface area contributed by atoms with E-state index in [-0.39, 0.29) is 0 Å². The van der Waals surface area contributed by atoms with Gasteiger partial charge in [-0.15, -0.1) is 12.3 Å². The lowest BCUT2D eigenvalue weighted by Crippen LogP contribution is -2.04. The summed E-state index contributed by atoms with van der Waals surface area (Å²) in [4.78, 5) is 10.8. The van der Waals surface area contributed by atoms with Crippen molar-refractivity contribution in [3.63, 3.8) is 0 Å². The van der Waals surface area contributed by atoms with Crippen molar-refractivity contribution in [3.8, 4) is 12.3 Å². The van der Waals surface area contributed by atoms with Crippen molar-refractivity contribution in [3.05, 3.63) is 23.0 Å². The molecule has 0 unspecified atom stereocenters. The molecule has 1 rings (SSSR count). The lowest BCUT2D eigenvalue weighted by atomic mass is 10.2. The van der Waals surface area contributed by atoms with Crippen molar-refractivity contribution < 1.29 is 9.90 Å². The molecule has 0 radical (unpaired) electrons. The molecule has 0 aromatic carbocycles. The number of rotatable bonds is 3. The van der Waals surface area contributed by atoms with Gasteiger partial charge in [-0.2, -0.15) is 0 Å². The van der Waals surface area contributed by atoms with Gasteiger partial charge in [0.2, 0.25) is 0 Å². The summed E-state index contributed by atoms with van der Waals surface area (Å²) in [5, 5.41) is 8.88. The summed E-state index contributed by atoms with van der Waals surface area (Å²) in [6, 6.07) is 1.67. The molecule has 1 aromatic heterocycles. The quantitative estimate of drug-likeness (QED) is 0.740. The SMILES string of the molecule is C#CCCn1c(C)cc(C(=O)O)c1C. The van der Waals surface area contributed by atoms with Gasteiger partial charge in [0, 0.05) is 24.4 Å². The van der Waals surface area contributed by atoms with Gasteiger partial charge in [0.25, 0.3) is 0 Å². The monoisotopic (exact) mass is 191 g/mol. The molecule has 0 saturated heterocycles. The van der Waals surface area contributed by atoms with E-state index in [0.717, 1.165) is 11.4 Å². The first kappa shape index (κ1) is 10.4. The van der Waals surface area contributed by atoms with Gasteiger partial charge in [-0.1, -0.05) is 0 Å². The maximum atomic E-state index is 10.8. The van der Waals surface area contributed by atoms with Gasteiger partial charge in [0.15, 0.2) is 0 Å². The Bertz CT molecular complexity index is 396. The average molecular weight is 191 g/mol. The van der Waals surface area contributed by atoms with E-state index in [1.165, 1.54) is 0 Å². The number of carboxylic acids is 1. The summed E-state index contributed by atoms with van der Waals surface area (Å²) < 4.78 is 1.93. The van der Waals surface area contributed by atoms with Crippen LogP contribution < -0.4 is 0 Å². The lowest BCUT2D eigenvalue weighted by molar-refractivity contribution is 0.0696. The first-order valence-corrected chi connectivity index (χ1v) is 4.41. The van der Waals surface area contributed by atoms with Crippen LogP contribution in [-0.4, -0.2) is 15.6 Å². The highest BCUT2D eigenvalue weighted by Gasteiger charge is 2.13. The molecule has 1 N–H and O–H groups in total. The zero-order valence-corrected chi connectivity index (χ0v) is 8.37. The molecule has 74 valence electrons. The second kappa shape index (κ2) is 4.01. The van der Waals surface area contributed by atoms with Crippen molar-refractivity contribution in [2.45, 2.75) is 26.8 Å². The minimum Gasteiger partial charge on any atom is -0.478 e. The molecule has 0 bridgehead atoms. The zero-order valence-electron chi connectivity index (χ0n) is 8.37. The molecular weight excluding hydrogens is 178 g/mol. The molecule has 1 heterocycles. The molecule has 0 aliphatic carbocycles. The van der Waals surface area contributed by atoms with Gasteiger partial charge >= 0.3 is 5.97 Å². The zero-order chi connectivity index (χ0) is 10.7. The van der Waals surface area contributed by atoms with E-state index in [4.69, 9.17) is 11.5 Å². The molecule has 0 spiro atoms. The van der Waals surface area contributed by atoms with E-state index in [2.05, 4.69) is 5.92 Å². The first-order valence-electron chi connectivity index (χ1n) is 4.41. The highest BCUT2D eigenvalue weighted by atomic mass is 16.4. The molecule has 14 heavy (non-hydrogen) atoms. The number of carboxylic acid groups (broad SMARTS) is 1. The molecule has 0 aliphatic rings. The van der Waals surface area contributed by atoms with E-state index in [9.17, 15) is 4.79 Å². The Hall–Kier alpha value is -1.69. The van der Waals surface area contributed by atoms with Gasteiger partial charge in [-0.05, 0) is 19.9 Å².